The van der Waals surface area contributed by atoms with Gasteiger partial charge in [-0.25, -0.2) is 0 Å². The van der Waals surface area contributed by atoms with Gasteiger partial charge in [0.25, 0.3) is 0 Å². The molecule has 1 aliphatic heterocycles. The number of hydrogen-bond donors (Lipinski definition) is 0. The molecule has 3 aromatic rings. The minimum atomic E-state index is 1.09. The lowest BCUT2D eigenvalue weighted by molar-refractivity contribution is 0.696. The van der Waals surface area contributed by atoms with Crippen LogP contribution in [-0.2, 0) is 13.0 Å². The fourth-order valence-electron chi connectivity index (χ4n) is 2.80. The molecule has 1 aliphatic rings. The van der Waals surface area contributed by atoms with E-state index >= 15 is 0 Å². The van der Waals surface area contributed by atoms with Crippen molar-refractivity contribution in [2.75, 3.05) is 0 Å². The van der Waals surface area contributed by atoms with Crippen molar-refractivity contribution in [3.05, 3.63) is 59.5 Å². The van der Waals surface area contributed by atoms with Gasteiger partial charge < -0.3 is 4.57 Å². The van der Waals surface area contributed by atoms with Crippen LogP contribution in [0, 0.1) is 0 Å². The smallest absolute Gasteiger partial charge is 0.0586 e. The summed E-state index contributed by atoms with van der Waals surface area (Å²) in [6.45, 7) is 1.09. The highest BCUT2D eigenvalue weighted by atomic mass is 32.1. The second-order valence-corrected chi connectivity index (χ2v) is 5.59. The Hall–Kier alpha value is -1.80. The highest BCUT2D eigenvalue weighted by Gasteiger charge is 2.18. The Morgan fingerprint density at radius 1 is 0.889 bits per heavy atom. The standard InChI is InChI=1S/C16H13NS/c1-2-5-13-12(4-1)9-10-17-14(13)7-8-15(17)16-6-3-11-18-16/h1-8,11H,9-10H2. The van der Waals surface area contributed by atoms with Gasteiger partial charge in [0.1, 0.15) is 0 Å². The van der Waals surface area contributed by atoms with Crippen LogP contribution < -0.4 is 0 Å². The van der Waals surface area contributed by atoms with E-state index in [1.54, 1.807) is 0 Å². The molecule has 1 aromatic carbocycles. The molecule has 1 nitrogen and oxygen atoms in total. The van der Waals surface area contributed by atoms with Crippen LogP contribution in [0.4, 0.5) is 0 Å². The average Bonchev–Trinajstić information content (AvgIpc) is 3.07. The second-order valence-electron chi connectivity index (χ2n) is 4.64. The summed E-state index contributed by atoms with van der Waals surface area (Å²) in [5.41, 5.74) is 5.59. The first kappa shape index (κ1) is 10.2. The second kappa shape index (κ2) is 3.85. The van der Waals surface area contributed by atoms with Gasteiger partial charge in [-0.05, 0) is 35.6 Å². The van der Waals surface area contributed by atoms with Gasteiger partial charge in [-0.15, -0.1) is 11.3 Å². The Morgan fingerprint density at radius 3 is 2.67 bits per heavy atom. The average molecular weight is 251 g/mol. The van der Waals surface area contributed by atoms with Crippen molar-refractivity contribution < 1.29 is 0 Å². The van der Waals surface area contributed by atoms with Gasteiger partial charge in [0.15, 0.2) is 0 Å². The molecule has 2 aromatic heterocycles. The normalized spacial score (nSPS) is 13.1. The molecule has 0 saturated carbocycles. The molecular weight excluding hydrogens is 238 g/mol. The fraction of sp³-hybridized carbons (Fsp3) is 0.125. The number of thiophene rings is 1. The van der Waals surface area contributed by atoms with Crippen molar-refractivity contribution >= 4 is 11.3 Å². The Morgan fingerprint density at radius 2 is 1.78 bits per heavy atom. The SMILES string of the molecule is c1csc(-c2ccc3n2CCc2ccccc2-3)c1. The predicted octanol–water partition coefficient (Wildman–Crippen LogP) is 4.44. The van der Waals surface area contributed by atoms with Crippen molar-refractivity contribution in [1.29, 1.82) is 0 Å². The molecule has 0 spiro atoms. The molecule has 0 N–H and O–H groups in total. The summed E-state index contributed by atoms with van der Waals surface area (Å²) in [7, 11) is 0. The molecule has 88 valence electrons. The highest BCUT2D eigenvalue weighted by Crippen LogP contribution is 2.36. The molecule has 3 heterocycles. The predicted molar refractivity (Wildman–Crippen MR) is 76.9 cm³/mol. The quantitative estimate of drug-likeness (QED) is 0.602. The van der Waals surface area contributed by atoms with E-state index in [1.165, 1.54) is 27.4 Å². The van der Waals surface area contributed by atoms with Crippen LogP contribution >= 0.6 is 11.3 Å². The van der Waals surface area contributed by atoms with Gasteiger partial charge in [0.2, 0.25) is 0 Å². The van der Waals surface area contributed by atoms with Crippen molar-refractivity contribution in [3.8, 4) is 21.8 Å². The zero-order valence-electron chi connectivity index (χ0n) is 9.97. The molecule has 0 unspecified atom stereocenters. The van der Waals surface area contributed by atoms with Gasteiger partial charge in [-0.3, -0.25) is 0 Å². The van der Waals surface area contributed by atoms with E-state index < -0.39 is 0 Å². The first-order valence-electron chi connectivity index (χ1n) is 6.25. The Kier molecular flexibility index (Phi) is 2.17. The van der Waals surface area contributed by atoms with E-state index in [1.807, 2.05) is 11.3 Å². The number of nitrogens with zero attached hydrogens (tertiary/aromatic N) is 1. The first-order valence-corrected chi connectivity index (χ1v) is 7.13. The van der Waals surface area contributed by atoms with Gasteiger partial charge in [-0.2, -0.15) is 0 Å². The van der Waals surface area contributed by atoms with E-state index in [2.05, 4.69) is 58.5 Å². The molecule has 4 rings (SSSR count). The van der Waals surface area contributed by atoms with Crippen LogP contribution in [0.1, 0.15) is 5.56 Å². The molecule has 0 aliphatic carbocycles. The third kappa shape index (κ3) is 1.39. The van der Waals surface area contributed by atoms with Crippen LogP contribution in [-0.4, -0.2) is 4.57 Å². The molecule has 0 bridgehead atoms. The van der Waals surface area contributed by atoms with Gasteiger partial charge in [0, 0.05) is 17.8 Å². The minimum absolute atomic E-state index is 1.09. The van der Waals surface area contributed by atoms with Gasteiger partial charge >= 0.3 is 0 Å². The third-order valence-electron chi connectivity index (χ3n) is 3.65. The molecule has 0 amide bonds. The van der Waals surface area contributed by atoms with Crippen LogP contribution in [0.2, 0.25) is 0 Å². The molecule has 0 radical (unpaired) electrons. The van der Waals surface area contributed by atoms with Crippen molar-refractivity contribution in [2.24, 2.45) is 0 Å². The molecular formula is C16H13NS. The van der Waals surface area contributed by atoms with Crippen LogP contribution in [0.15, 0.2) is 53.9 Å². The summed E-state index contributed by atoms with van der Waals surface area (Å²) >= 11 is 1.81. The summed E-state index contributed by atoms with van der Waals surface area (Å²) < 4.78 is 2.45. The van der Waals surface area contributed by atoms with E-state index in [4.69, 9.17) is 0 Å². The molecule has 0 fully saturated rings. The molecule has 0 saturated heterocycles. The Labute approximate surface area is 110 Å². The van der Waals surface area contributed by atoms with E-state index in [0.29, 0.717) is 0 Å². The summed E-state index contributed by atoms with van der Waals surface area (Å²) in [4.78, 5) is 1.36. The number of benzene rings is 1. The molecule has 18 heavy (non-hydrogen) atoms. The van der Waals surface area contributed by atoms with Gasteiger partial charge in [0.05, 0.1) is 10.6 Å². The maximum absolute atomic E-state index is 2.45. The maximum Gasteiger partial charge on any atom is 0.0586 e. The maximum atomic E-state index is 2.45. The van der Waals surface area contributed by atoms with Crippen LogP contribution in [0.5, 0.6) is 0 Å². The summed E-state index contributed by atoms with van der Waals surface area (Å²) in [5, 5.41) is 2.14. The van der Waals surface area contributed by atoms with Gasteiger partial charge in [-0.1, -0.05) is 30.3 Å². The summed E-state index contributed by atoms with van der Waals surface area (Å²) in [5.74, 6) is 0. The van der Waals surface area contributed by atoms with Crippen LogP contribution in [0.3, 0.4) is 0 Å². The Balaban J connectivity index is 1.93. The zero-order chi connectivity index (χ0) is 11.9. The fourth-order valence-corrected chi connectivity index (χ4v) is 3.56. The van der Waals surface area contributed by atoms with Crippen molar-refractivity contribution in [2.45, 2.75) is 13.0 Å². The lowest BCUT2D eigenvalue weighted by Gasteiger charge is -2.21. The van der Waals surface area contributed by atoms with E-state index in [9.17, 15) is 0 Å². The number of rotatable bonds is 1. The number of fused-ring (bicyclic) bond motifs is 3. The van der Waals surface area contributed by atoms with Crippen molar-refractivity contribution in [3.63, 3.8) is 0 Å². The number of aromatic nitrogens is 1. The van der Waals surface area contributed by atoms with Crippen molar-refractivity contribution in [1.82, 2.24) is 4.57 Å². The number of hydrogen-bond acceptors (Lipinski definition) is 1. The number of aryl methyl sites for hydroxylation is 1. The van der Waals surface area contributed by atoms with E-state index in [-0.39, 0.29) is 0 Å². The molecule has 2 heteroatoms. The minimum Gasteiger partial charge on any atom is -0.340 e. The Bertz CT molecular complexity index is 692. The third-order valence-corrected chi connectivity index (χ3v) is 4.54. The largest absolute Gasteiger partial charge is 0.340 e. The monoisotopic (exact) mass is 251 g/mol. The zero-order valence-corrected chi connectivity index (χ0v) is 10.8. The lowest BCUT2D eigenvalue weighted by Crippen LogP contribution is -2.10. The summed E-state index contributed by atoms with van der Waals surface area (Å²) in [6, 6.07) is 17.6. The molecule has 0 atom stereocenters. The highest BCUT2D eigenvalue weighted by molar-refractivity contribution is 7.13. The van der Waals surface area contributed by atoms with Crippen LogP contribution in [0.25, 0.3) is 21.8 Å². The first-order chi connectivity index (χ1) is 8.93. The van der Waals surface area contributed by atoms with E-state index in [0.717, 1.165) is 13.0 Å². The topological polar surface area (TPSA) is 4.93 Å². The summed E-state index contributed by atoms with van der Waals surface area (Å²) in [6.07, 6.45) is 1.14. The lowest BCUT2D eigenvalue weighted by atomic mass is 9.99.